The first kappa shape index (κ1) is 13.2. The fourth-order valence-electron chi connectivity index (χ4n) is 2.02. The molecule has 0 bridgehead atoms. The molecule has 0 amide bonds. The van der Waals surface area contributed by atoms with Crippen molar-refractivity contribution in [2.75, 3.05) is 12.5 Å². The SMILES string of the molecule is C=S(C)(=O)c1nc2c(=O)[nH]c3nc(SC)nn3c2n1C. The quantitative estimate of drug-likeness (QED) is 0.517. The third kappa shape index (κ3) is 1.75. The van der Waals surface area contributed by atoms with Crippen LogP contribution in [0.5, 0.6) is 0 Å². The predicted molar refractivity (Wildman–Crippen MR) is 79.1 cm³/mol. The maximum atomic E-state index is 12.1. The molecule has 0 aliphatic rings. The van der Waals surface area contributed by atoms with E-state index < -0.39 is 15.1 Å². The molecule has 1 atom stereocenters. The molecular weight excluding hydrogens is 300 g/mol. The van der Waals surface area contributed by atoms with Gasteiger partial charge < -0.3 is 4.57 Å². The lowest BCUT2D eigenvalue weighted by atomic mass is 10.5. The zero-order chi connectivity index (χ0) is 14.7. The van der Waals surface area contributed by atoms with Gasteiger partial charge in [0.1, 0.15) is 0 Å². The summed E-state index contributed by atoms with van der Waals surface area (Å²) < 4.78 is 15.2. The number of imidazole rings is 1. The van der Waals surface area contributed by atoms with E-state index in [2.05, 4.69) is 25.9 Å². The summed E-state index contributed by atoms with van der Waals surface area (Å²) in [6.07, 6.45) is 3.32. The van der Waals surface area contributed by atoms with Gasteiger partial charge in [0, 0.05) is 22.8 Å². The largest absolute Gasteiger partial charge is 0.305 e. The van der Waals surface area contributed by atoms with Gasteiger partial charge in [0.2, 0.25) is 10.9 Å². The summed E-state index contributed by atoms with van der Waals surface area (Å²) in [6, 6.07) is 0. The van der Waals surface area contributed by atoms with Crippen LogP contribution in [0.15, 0.2) is 15.1 Å². The van der Waals surface area contributed by atoms with E-state index in [1.165, 1.54) is 22.5 Å². The number of fused-ring (bicyclic) bond motifs is 3. The van der Waals surface area contributed by atoms with Crippen LogP contribution in [0.4, 0.5) is 0 Å². The third-order valence-electron chi connectivity index (χ3n) is 2.82. The first-order valence-corrected chi connectivity index (χ1v) is 8.90. The maximum Gasteiger partial charge on any atom is 0.280 e. The van der Waals surface area contributed by atoms with Gasteiger partial charge >= 0.3 is 0 Å². The lowest BCUT2D eigenvalue weighted by Crippen LogP contribution is -2.11. The summed E-state index contributed by atoms with van der Waals surface area (Å²) >= 11 is 1.36. The standard InChI is InChI=1S/C10H12N6O2S2/c1-15-7-5(11-10(15)20(3,4)18)6(17)12-8-13-9(19-2)14-16(7)8/h3H2,1-2,4H3,(H,12,13,14,17). The topological polar surface area (TPSA) is 97.9 Å². The number of aromatic amines is 1. The van der Waals surface area contributed by atoms with Gasteiger partial charge in [-0.25, -0.2) is 4.98 Å². The summed E-state index contributed by atoms with van der Waals surface area (Å²) in [5.41, 5.74) is 0.230. The highest BCUT2D eigenvalue weighted by Gasteiger charge is 2.19. The van der Waals surface area contributed by atoms with Gasteiger partial charge in [-0.05, 0) is 12.1 Å². The van der Waals surface area contributed by atoms with E-state index in [0.29, 0.717) is 16.6 Å². The fraction of sp³-hybridized carbons (Fsp3) is 0.300. The molecule has 0 spiro atoms. The molecule has 8 nitrogen and oxygen atoms in total. The molecule has 1 unspecified atom stereocenters. The lowest BCUT2D eigenvalue weighted by molar-refractivity contribution is 0.668. The first-order valence-electron chi connectivity index (χ1n) is 5.54. The highest BCUT2D eigenvalue weighted by Crippen LogP contribution is 2.17. The van der Waals surface area contributed by atoms with E-state index in [4.69, 9.17) is 0 Å². The van der Waals surface area contributed by atoms with Crippen LogP contribution >= 0.6 is 11.8 Å². The number of nitrogens with one attached hydrogen (secondary N) is 1. The molecule has 0 saturated heterocycles. The van der Waals surface area contributed by atoms with Crippen LogP contribution in [-0.4, -0.2) is 51.7 Å². The zero-order valence-corrected chi connectivity index (χ0v) is 12.7. The average molecular weight is 312 g/mol. The molecule has 3 heterocycles. The molecule has 0 aliphatic carbocycles. The van der Waals surface area contributed by atoms with E-state index in [0.717, 1.165) is 0 Å². The molecule has 0 aliphatic heterocycles. The summed E-state index contributed by atoms with van der Waals surface area (Å²) in [6.45, 7) is 0. The van der Waals surface area contributed by atoms with Crippen LogP contribution in [0.1, 0.15) is 0 Å². The Morgan fingerprint density at radius 3 is 2.70 bits per heavy atom. The minimum Gasteiger partial charge on any atom is -0.305 e. The Balaban J connectivity index is 2.58. The van der Waals surface area contributed by atoms with E-state index in [1.54, 1.807) is 11.6 Å². The highest BCUT2D eigenvalue weighted by atomic mass is 32.2. The van der Waals surface area contributed by atoms with E-state index >= 15 is 0 Å². The normalized spacial score (nSPS) is 14.9. The lowest BCUT2D eigenvalue weighted by Gasteiger charge is -2.02. The van der Waals surface area contributed by atoms with Gasteiger partial charge in [0.15, 0.2) is 16.3 Å². The first-order chi connectivity index (χ1) is 9.32. The number of hydrogen-bond acceptors (Lipinski definition) is 6. The molecule has 3 aromatic heterocycles. The second-order valence-electron chi connectivity index (χ2n) is 4.42. The molecule has 10 heteroatoms. The Kier molecular flexibility index (Phi) is 2.70. The van der Waals surface area contributed by atoms with Crippen molar-refractivity contribution in [1.29, 1.82) is 0 Å². The van der Waals surface area contributed by atoms with E-state index in [1.807, 2.05) is 6.26 Å². The minimum absolute atomic E-state index is 0.172. The molecule has 0 fully saturated rings. The second kappa shape index (κ2) is 4.09. The van der Waals surface area contributed by atoms with E-state index in [-0.39, 0.29) is 10.7 Å². The Bertz CT molecular complexity index is 994. The van der Waals surface area contributed by atoms with Crippen molar-refractivity contribution in [3.8, 4) is 0 Å². The number of nitrogens with zero attached hydrogens (tertiary/aromatic N) is 5. The van der Waals surface area contributed by atoms with Gasteiger partial charge in [-0.15, -0.1) is 5.10 Å². The summed E-state index contributed by atoms with van der Waals surface area (Å²) in [5, 5.41) is 5.07. The summed E-state index contributed by atoms with van der Waals surface area (Å²) in [5.74, 6) is 3.94. The van der Waals surface area contributed by atoms with Crippen molar-refractivity contribution in [3.05, 3.63) is 10.4 Å². The second-order valence-corrected chi connectivity index (χ2v) is 7.57. The molecule has 3 aromatic rings. The van der Waals surface area contributed by atoms with Crippen LogP contribution < -0.4 is 5.56 Å². The van der Waals surface area contributed by atoms with Gasteiger partial charge in [-0.2, -0.15) is 9.50 Å². The third-order valence-corrected chi connectivity index (χ3v) is 4.50. The Morgan fingerprint density at radius 1 is 1.40 bits per heavy atom. The fourth-order valence-corrected chi connectivity index (χ4v) is 3.31. The van der Waals surface area contributed by atoms with Crippen molar-refractivity contribution in [3.63, 3.8) is 0 Å². The number of aromatic nitrogens is 6. The Hall–Kier alpha value is -1.81. The molecule has 106 valence electrons. The monoisotopic (exact) mass is 312 g/mol. The Labute approximate surface area is 118 Å². The summed E-state index contributed by atoms with van der Waals surface area (Å²) in [7, 11) is -0.868. The molecule has 3 rings (SSSR count). The van der Waals surface area contributed by atoms with Crippen molar-refractivity contribution in [2.45, 2.75) is 10.3 Å². The number of hydrogen-bond donors (Lipinski definition) is 1. The predicted octanol–water partition coefficient (Wildman–Crippen LogP) is -0.269. The molecule has 20 heavy (non-hydrogen) atoms. The number of rotatable bonds is 2. The molecule has 0 saturated carbocycles. The van der Waals surface area contributed by atoms with Crippen molar-refractivity contribution >= 4 is 44.1 Å². The van der Waals surface area contributed by atoms with Crippen molar-refractivity contribution < 1.29 is 4.21 Å². The van der Waals surface area contributed by atoms with Gasteiger partial charge in [-0.3, -0.25) is 14.0 Å². The van der Waals surface area contributed by atoms with Crippen LogP contribution in [-0.2, 0) is 16.6 Å². The van der Waals surface area contributed by atoms with Crippen LogP contribution in [0.25, 0.3) is 16.9 Å². The minimum atomic E-state index is -2.55. The average Bonchev–Trinajstić information content (AvgIpc) is 2.89. The number of aryl methyl sites for hydroxylation is 1. The van der Waals surface area contributed by atoms with Crippen molar-refractivity contribution in [2.24, 2.45) is 7.05 Å². The smallest absolute Gasteiger partial charge is 0.280 e. The van der Waals surface area contributed by atoms with Gasteiger partial charge in [0.05, 0.1) is 0 Å². The van der Waals surface area contributed by atoms with Crippen LogP contribution in [0.3, 0.4) is 0 Å². The number of thioether (sulfide) groups is 1. The van der Waals surface area contributed by atoms with E-state index in [9.17, 15) is 9.00 Å². The molecule has 1 N–H and O–H groups in total. The van der Waals surface area contributed by atoms with Gasteiger partial charge in [-0.1, -0.05) is 11.8 Å². The molecule has 0 aromatic carbocycles. The van der Waals surface area contributed by atoms with Gasteiger partial charge in [0.25, 0.3) is 5.56 Å². The summed E-state index contributed by atoms with van der Waals surface area (Å²) in [4.78, 5) is 23.0. The zero-order valence-electron chi connectivity index (χ0n) is 11.1. The molecular formula is C10H12N6O2S2. The number of H-pyrrole nitrogens is 1. The Morgan fingerprint density at radius 2 is 2.10 bits per heavy atom. The highest BCUT2D eigenvalue weighted by molar-refractivity contribution is 7.99. The molecule has 0 radical (unpaired) electrons. The van der Waals surface area contributed by atoms with Crippen LogP contribution in [0.2, 0.25) is 0 Å². The van der Waals surface area contributed by atoms with Crippen LogP contribution in [0, 0.1) is 0 Å². The maximum absolute atomic E-state index is 12.1. The van der Waals surface area contributed by atoms with Crippen molar-refractivity contribution in [1.82, 2.24) is 29.1 Å².